The Kier molecular flexibility index (Phi) is 6.08. The normalized spacial score (nSPS) is 12.5. The second-order valence-corrected chi connectivity index (χ2v) is 5.21. The van der Waals surface area contributed by atoms with Crippen LogP contribution in [0.1, 0.15) is 6.92 Å². The molecule has 0 aliphatic carbocycles. The SMILES string of the molecule is CC(CN(C)C)OC(=O)CSc1ccccc1. The lowest BCUT2D eigenvalue weighted by atomic mass is 10.4. The highest BCUT2D eigenvalue weighted by molar-refractivity contribution is 8.00. The number of rotatable bonds is 6. The molecule has 94 valence electrons. The van der Waals surface area contributed by atoms with Crippen molar-refractivity contribution in [1.82, 2.24) is 4.90 Å². The molecule has 0 heterocycles. The summed E-state index contributed by atoms with van der Waals surface area (Å²) in [5, 5.41) is 0. The molecular formula is C13H19NO2S. The molecule has 1 aromatic rings. The van der Waals surface area contributed by atoms with Gasteiger partial charge in [0.2, 0.25) is 0 Å². The van der Waals surface area contributed by atoms with Crippen molar-refractivity contribution in [3.05, 3.63) is 30.3 Å². The minimum absolute atomic E-state index is 0.0612. The summed E-state index contributed by atoms with van der Waals surface area (Å²) in [6.45, 7) is 2.66. The van der Waals surface area contributed by atoms with E-state index in [9.17, 15) is 4.79 Å². The lowest BCUT2D eigenvalue weighted by Gasteiger charge is -2.17. The maximum atomic E-state index is 11.5. The Morgan fingerprint density at radius 2 is 2.00 bits per heavy atom. The van der Waals surface area contributed by atoms with Gasteiger partial charge < -0.3 is 9.64 Å². The number of ether oxygens (including phenoxy) is 1. The van der Waals surface area contributed by atoms with Gasteiger partial charge in [0.25, 0.3) is 0 Å². The van der Waals surface area contributed by atoms with Crippen molar-refractivity contribution in [2.45, 2.75) is 17.9 Å². The fourth-order valence-electron chi connectivity index (χ4n) is 1.47. The first-order valence-corrected chi connectivity index (χ1v) is 6.58. The van der Waals surface area contributed by atoms with E-state index in [1.165, 1.54) is 11.8 Å². The molecule has 0 aliphatic rings. The van der Waals surface area contributed by atoms with E-state index in [4.69, 9.17) is 4.74 Å². The van der Waals surface area contributed by atoms with E-state index in [-0.39, 0.29) is 12.1 Å². The Labute approximate surface area is 107 Å². The van der Waals surface area contributed by atoms with Crippen LogP contribution in [0.5, 0.6) is 0 Å². The smallest absolute Gasteiger partial charge is 0.316 e. The molecule has 1 unspecified atom stereocenters. The van der Waals surface area contributed by atoms with Crippen LogP contribution in [0.25, 0.3) is 0 Å². The Morgan fingerprint density at radius 3 is 2.59 bits per heavy atom. The third-order valence-electron chi connectivity index (χ3n) is 2.05. The number of carbonyl (C=O) groups excluding carboxylic acids is 1. The lowest BCUT2D eigenvalue weighted by Crippen LogP contribution is -2.28. The van der Waals surface area contributed by atoms with E-state index in [1.807, 2.05) is 56.3 Å². The summed E-state index contributed by atoms with van der Waals surface area (Å²) in [5.74, 6) is 0.204. The number of benzene rings is 1. The maximum absolute atomic E-state index is 11.5. The molecule has 0 amide bonds. The number of esters is 1. The summed E-state index contributed by atoms with van der Waals surface area (Å²) in [6, 6.07) is 9.86. The van der Waals surface area contributed by atoms with E-state index in [0.717, 1.165) is 11.4 Å². The number of likely N-dealkylation sites (N-methyl/N-ethyl adjacent to an activating group) is 1. The highest BCUT2D eigenvalue weighted by atomic mass is 32.2. The first-order chi connectivity index (χ1) is 8.08. The summed E-state index contributed by atoms with van der Waals surface area (Å²) in [4.78, 5) is 14.6. The van der Waals surface area contributed by atoms with Gasteiger partial charge in [0.15, 0.2) is 0 Å². The molecular weight excluding hydrogens is 234 g/mol. The molecule has 0 aliphatic heterocycles. The predicted octanol–water partition coefficient (Wildman–Crippen LogP) is 2.27. The molecule has 4 heteroatoms. The van der Waals surface area contributed by atoms with E-state index in [0.29, 0.717) is 5.75 Å². The van der Waals surface area contributed by atoms with Gasteiger partial charge in [0, 0.05) is 11.4 Å². The zero-order chi connectivity index (χ0) is 12.7. The Hall–Kier alpha value is -1.00. The molecule has 0 aromatic heterocycles. The first kappa shape index (κ1) is 14.1. The lowest BCUT2D eigenvalue weighted by molar-refractivity contribution is -0.145. The maximum Gasteiger partial charge on any atom is 0.316 e. The van der Waals surface area contributed by atoms with Crippen LogP contribution in [0.3, 0.4) is 0 Å². The monoisotopic (exact) mass is 253 g/mol. The summed E-state index contributed by atoms with van der Waals surface area (Å²) >= 11 is 1.50. The van der Waals surface area contributed by atoms with Crippen LogP contribution in [0.15, 0.2) is 35.2 Å². The summed E-state index contributed by atoms with van der Waals surface area (Å²) < 4.78 is 5.28. The van der Waals surface area contributed by atoms with Crippen molar-refractivity contribution in [2.24, 2.45) is 0 Å². The number of hydrogen-bond donors (Lipinski definition) is 0. The Morgan fingerprint density at radius 1 is 1.35 bits per heavy atom. The van der Waals surface area contributed by atoms with E-state index in [1.54, 1.807) is 0 Å². The molecule has 3 nitrogen and oxygen atoms in total. The number of hydrogen-bond acceptors (Lipinski definition) is 4. The van der Waals surface area contributed by atoms with Crippen LogP contribution in [0.4, 0.5) is 0 Å². The van der Waals surface area contributed by atoms with Crippen LogP contribution in [0.2, 0.25) is 0 Å². The molecule has 1 atom stereocenters. The van der Waals surface area contributed by atoms with Gasteiger partial charge in [0.1, 0.15) is 6.10 Å². The molecule has 1 aromatic carbocycles. The van der Waals surface area contributed by atoms with Crippen molar-refractivity contribution in [3.63, 3.8) is 0 Å². The molecule has 0 saturated carbocycles. The summed E-state index contributed by atoms with van der Waals surface area (Å²) in [6.07, 6.45) is -0.0612. The standard InChI is InChI=1S/C13H19NO2S/c1-11(9-14(2)3)16-13(15)10-17-12-7-5-4-6-8-12/h4-8,11H,9-10H2,1-3H3. The van der Waals surface area contributed by atoms with Crippen molar-refractivity contribution in [3.8, 4) is 0 Å². The molecule has 0 bridgehead atoms. The largest absolute Gasteiger partial charge is 0.461 e. The fraction of sp³-hybridized carbons (Fsp3) is 0.462. The van der Waals surface area contributed by atoms with Crippen LogP contribution in [0, 0.1) is 0 Å². The van der Waals surface area contributed by atoms with Crippen LogP contribution < -0.4 is 0 Å². The van der Waals surface area contributed by atoms with Gasteiger partial charge in [-0.05, 0) is 33.2 Å². The molecule has 0 radical (unpaired) electrons. The van der Waals surface area contributed by atoms with Gasteiger partial charge in [-0.15, -0.1) is 11.8 Å². The topological polar surface area (TPSA) is 29.5 Å². The van der Waals surface area contributed by atoms with Gasteiger partial charge in [-0.1, -0.05) is 18.2 Å². The van der Waals surface area contributed by atoms with Gasteiger partial charge >= 0.3 is 5.97 Å². The van der Waals surface area contributed by atoms with Gasteiger partial charge in [-0.3, -0.25) is 4.79 Å². The van der Waals surface area contributed by atoms with Crippen molar-refractivity contribution >= 4 is 17.7 Å². The summed E-state index contributed by atoms with van der Waals surface area (Å²) in [7, 11) is 3.92. The van der Waals surface area contributed by atoms with Gasteiger partial charge in [-0.25, -0.2) is 0 Å². The second kappa shape index (κ2) is 7.35. The first-order valence-electron chi connectivity index (χ1n) is 5.60. The van der Waals surface area contributed by atoms with Crippen molar-refractivity contribution in [1.29, 1.82) is 0 Å². The van der Waals surface area contributed by atoms with Crippen molar-refractivity contribution in [2.75, 3.05) is 26.4 Å². The fourth-order valence-corrected chi connectivity index (χ4v) is 2.17. The molecule has 0 N–H and O–H groups in total. The minimum atomic E-state index is -0.159. The number of nitrogens with zero attached hydrogens (tertiary/aromatic N) is 1. The highest BCUT2D eigenvalue weighted by Crippen LogP contribution is 2.17. The van der Waals surface area contributed by atoms with Crippen molar-refractivity contribution < 1.29 is 9.53 Å². The molecule has 0 saturated heterocycles. The average molecular weight is 253 g/mol. The third kappa shape index (κ3) is 6.34. The van der Waals surface area contributed by atoms with E-state index in [2.05, 4.69) is 0 Å². The van der Waals surface area contributed by atoms with E-state index >= 15 is 0 Å². The Balaban J connectivity index is 2.26. The zero-order valence-corrected chi connectivity index (χ0v) is 11.4. The van der Waals surface area contributed by atoms with E-state index < -0.39 is 0 Å². The number of thioether (sulfide) groups is 1. The molecule has 0 fully saturated rings. The quantitative estimate of drug-likeness (QED) is 0.574. The van der Waals surface area contributed by atoms with Gasteiger partial charge in [-0.2, -0.15) is 0 Å². The second-order valence-electron chi connectivity index (χ2n) is 4.16. The minimum Gasteiger partial charge on any atom is -0.461 e. The number of carbonyl (C=O) groups is 1. The van der Waals surface area contributed by atoms with Crippen LogP contribution in [-0.4, -0.2) is 43.4 Å². The van der Waals surface area contributed by atoms with Crippen LogP contribution >= 0.6 is 11.8 Å². The highest BCUT2D eigenvalue weighted by Gasteiger charge is 2.10. The summed E-state index contributed by atoms with van der Waals surface area (Å²) in [5.41, 5.74) is 0. The molecule has 1 rings (SSSR count). The molecule has 17 heavy (non-hydrogen) atoms. The molecule has 0 spiro atoms. The predicted molar refractivity (Wildman–Crippen MR) is 71.3 cm³/mol. The van der Waals surface area contributed by atoms with Crippen LogP contribution in [-0.2, 0) is 9.53 Å². The third-order valence-corrected chi connectivity index (χ3v) is 3.04. The van der Waals surface area contributed by atoms with Gasteiger partial charge in [0.05, 0.1) is 5.75 Å². The zero-order valence-electron chi connectivity index (χ0n) is 10.6. The Bertz CT molecular complexity index is 341. The average Bonchev–Trinajstić information content (AvgIpc) is 2.26.